The van der Waals surface area contributed by atoms with E-state index in [1.807, 2.05) is 24.3 Å². The largest absolute Gasteiger partial charge is 0.507 e. The molecule has 3 aromatic rings. The van der Waals surface area contributed by atoms with Crippen LogP contribution in [0.2, 0.25) is 0 Å². The van der Waals surface area contributed by atoms with Crippen molar-refractivity contribution in [2.24, 2.45) is 0 Å². The molecule has 0 heterocycles. The van der Waals surface area contributed by atoms with Crippen LogP contribution in [0.3, 0.4) is 0 Å². The number of esters is 1. The molecule has 0 aliphatic carbocycles. The number of fused-ring (bicyclic) bond motifs is 1. The molecule has 0 spiro atoms. The first kappa shape index (κ1) is 13.9. The van der Waals surface area contributed by atoms with E-state index in [1.165, 1.54) is 0 Å². The first-order chi connectivity index (χ1) is 10.6. The molecule has 0 aliphatic rings. The summed E-state index contributed by atoms with van der Waals surface area (Å²) in [4.78, 5) is 12.1. The van der Waals surface area contributed by atoms with Crippen molar-refractivity contribution in [2.45, 2.75) is 6.61 Å². The molecule has 3 rings (SSSR count). The van der Waals surface area contributed by atoms with E-state index in [1.54, 1.807) is 36.4 Å². The zero-order chi connectivity index (χ0) is 15.5. The number of ether oxygens (including phenoxy) is 1. The van der Waals surface area contributed by atoms with Gasteiger partial charge in [0.2, 0.25) is 0 Å². The van der Waals surface area contributed by atoms with Gasteiger partial charge in [0.15, 0.2) is 0 Å². The highest BCUT2D eigenvalue weighted by Crippen LogP contribution is 2.25. The number of nitrogen functional groups attached to an aromatic ring is 1. The number of phenols is 1. The lowest BCUT2D eigenvalue weighted by Crippen LogP contribution is -2.05. The standard InChI is InChI=1S/C18H15NO3/c19-15-7-5-12(6-8-15)11-22-18(21)16-9-13-3-1-2-4-14(13)10-17(16)20/h1-10,20H,11,19H2. The summed E-state index contributed by atoms with van der Waals surface area (Å²) in [5.74, 6) is -0.638. The molecule has 0 unspecified atom stereocenters. The fourth-order valence-electron chi connectivity index (χ4n) is 2.23. The van der Waals surface area contributed by atoms with Gasteiger partial charge >= 0.3 is 5.97 Å². The molecule has 4 nitrogen and oxygen atoms in total. The van der Waals surface area contributed by atoms with E-state index in [0.29, 0.717) is 5.69 Å². The molecule has 0 saturated heterocycles. The van der Waals surface area contributed by atoms with Crippen molar-refractivity contribution in [2.75, 3.05) is 5.73 Å². The summed E-state index contributed by atoms with van der Waals surface area (Å²) in [5.41, 5.74) is 7.26. The monoisotopic (exact) mass is 293 g/mol. The maximum absolute atomic E-state index is 12.1. The summed E-state index contributed by atoms with van der Waals surface area (Å²) >= 11 is 0. The highest BCUT2D eigenvalue weighted by molar-refractivity contribution is 5.98. The smallest absolute Gasteiger partial charge is 0.342 e. The molecule has 3 aromatic carbocycles. The Morgan fingerprint density at radius 2 is 1.64 bits per heavy atom. The Balaban J connectivity index is 1.79. The maximum Gasteiger partial charge on any atom is 0.342 e. The zero-order valence-electron chi connectivity index (χ0n) is 11.8. The van der Waals surface area contributed by atoms with Gasteiger partial charge in [-0.05, 0) is 40.6 Å². The Morgan fingerprint density at radius 1 is 1.00 bits per heavy atom. The third-order valence-electron chi connectivity index (χ3n) is 3.43. The molecule has 0 aliphatic heterocycles. The molecule has 0 fully saturated rings. The predicted molar refractivity (Wildman–Crippen MR) is 85.6 cm³/mol. The van der Waals surface area contributed by atoms with E-state index >= 15 is 0 Å². The van der Waals surface area contributed by atoms with Gasteiger partial charge in [0.1, 0.15) is 17.9 Å². The van der Waals surface area contributed by atoms with Crippen molar-refractivity contribution in [3.8, 4) is 5.75 Å². The number of hydrogen-bond acceptors (Lipinski definition) is 4. The van der Waals surface area contributed by atoms with Gasteiger partial charge < -0.3 is 15.6 Å². The number of carbonyl (C=O) groups excluding carboxylic acids is 1. The molecule has 0 radical (unpaired) electrons. The van der Waals surface area contributed by atoms with Crippen LogP contribution in [0.15, 0.2) is 60.7 Å². The molecule has 110 valence electrons. The summed E-state index contributed by atoms with van der Waals surface area (Å²) < 4.78 is 5.24. The van der Waals surface area contributed by atoms with Gasteiger partial charge in [0.05, 0.1) is 0 Å². The van der Waals surface area contributed by atoms with Crippen LogP contribution in [0.5, 0.6) is 5.75 Å². The number of nitrogens with two attached hydrogens (primary N) is 1. The van der Waals surface area contributed by atoms with E-state index in [0.717, 1.165) is 16.3 Å². The lowest BCUT2D eigenvalue weighted by atomic mass is 10.1. The average Bonchev–Trinajstić information content (AvgIpc) is 2.53. The van der Waals surface area contributed by atoms with Crippen LogP contribution >= 0.6 is 0 Å². The Bertz CT molecular complexity index is 825. The van der Waals surface area contributed by atoms with Gasteiger partial charge in [-0.15, -0.1) is 0 Å². The van der Waals surface area contributed by atoms with Crippen LogP contribution in [-0.2, 0) is 11.3 Å². The van der Waals surface area contributed by atoms with E-state index < -0.39 is 5.97 Å². The van der Waals surface area contributed by atoms with Crippen molar-refractivity contribution in [1.82, 2.24) is 0 Å². The fourth-order valence-corrected chi connectivity index (χ4v) is 2.23. The Morgan fingerprint density at radius 3 is 2.32 bits per heavy atom. The van der Waals surface area contributed by atoms with Crippen molar-refractivity contribution in [3.05, 3.63) is 71.8 Å². The van der Waals surface area contributed by atoms with Gasteiger partial charge in [0, 0.05) is 5.69 Å². The minimum atomic E-state index is -0.555. The normalized spacial score (nSPS) is 10.5. The lowest BCUT2D eigenvalue weighted by molar-refractivity contribution is 0.0469. The fraction of sp³-hybridized carbons (Fsp3) is 0.0556. The lowest BCUT2D eigenvalue weighted by Gasteiger charge is -2.08. The topological polar surface area (TPSA) is 72.5 Å². The number of aromatic hydroxyl groups is 1. The minimum Gasteiger partial charge on any atom is -0.507 e. The Kier molecular flexibility index (Phi) is 3.66. The van der Waals surface area contributed by atoms with E-state index in [4.69, 9.17) is 10.5 Å². The molecule has 0 saturated carbocycles. The number of benzene rings is 3. The second kappa shape index (κ2) is 5.77. The minimum absolute atomic E-state index is 0.0824. The first-order valence-corrected chi connectivity index (χ1v) is 6.87. The van der Waals surface area contributed by atoms with Crippen molar-refractivity contribution in [3.63, 3.8) is 0 Å². The van der Waals surface area contributed by atoms with E-state index in [2.05, 4.69) is 0 Å². The summed E-state index contributed by atoms with van der Waals surface area (Å²) in [6.07, 6.45) is 0. The van der Waals surface area contributed by atoms with E-state index in [9.17, 15) is 9.90 Å². The molecule has 0 aromatic heterocycles. The Hall–Kier alpha value is -3.01. The van der Waals surface area contributed by atoms with Crippen molar-refractivity contribution < 1.29 is 14.6 Å². The molecule has 3 N–H and O–H groups in total. The molecule has 4 heteroatoms. The summed E-state index contributed by atoms with van der Waals surface area (Å²) in [6, 6.07) is 17.8. The molecule has 22 heavy (non-hydrogen) atoms. The van der Waals surface area contributed by atoms with Crippen molar-refractivity contribution >= 4 is 22.4 Å². The van der Waals surface area contributed by atoms with Gasteiger partial charge in [-0.3, -0.25) is 0 Å². The number of carbonyl (C=O) groups is 1. The van der Waals surface area contributed by atoms with Gasteiger partial charge in [-0.25, -0.2) is 4.79 Å². The quantitative estimate of drug-likeness (QED) is 0.573. The second-order valence-corrected chi connectivity index (χ2v) is 5.03. The highest BCUT2D eigenvalue weighted by atomic mass is 16.5. The van der Waals surface area contributed by atoms with E-state index in [-0.39, 0.29) is 17.9 Å². The van der Waals surface area contributed by atoms with Crippen LogP contribution < -0.4 is 5.73 Å². The Labute approximate surface area is 127 Å². The van der Waals surface area contributed by atoms with Crippen molar-refractivity contribution in [1.29, 1.82) is 0 Å². The van der Waals surface area contributed by atoms with Crippen LogP contribution in [-0.4, -0.2) is 11.1 Å². The SMILES string of the molecule is Nc1ccc(COC(=O)c2cc3ccccc3cc2O)cc1. The predicted octanol–water partition coefficient (Wildman–Crippen LogP) is 3.48. The molecule has 0 bridgehead atoms. The molecular formula is C18H15NO3. The third kappa shape index (κ3) is 2.86. The summed E-state index contributed by atoms with van der Waals surface area (Å²) in [6.45, 7) is 0.130. The van der Waals surface area contributed by atoms with Gasteiger partial charge in [-0.2, -0.15) is 0 Å². The second-order valence-electron chi connectivity index (χ2n) is 5.03. The highest BCUT2D eigenvalue weighted by Gasteiger charge is 2.14. The number of anilines is 1. The van der Waals surface area contributed by atoms with Crippen LogP contribution in [0, 0.1) is 0 Å². The van der Waals surface area contributed by atoms with Crippen LogP contribution in [0.25, 0.3) is 10.8 Å². The summed E-state index contributed by atoms with van der Waals surface area (Å²) in [7, 11) is 0. The van der Waals surface area contributed by atoms with Crippen LogP contribution in [0.1, 0.15) is 15.9 Å². The number of rotatable bonds is 3. The maximum atomic E-state index is 12.1. The third-order valence-corrected chi connectivity index (χ3v) is 3.43. The molecule has 0 atom stereocenters. The van der Waals surface area contributed by atoms with Gasteiger partial charge in [-0.1, -0.05) is 36.4 Å². The molecule has 0 amide bonds. The first-order valence-electron chi connectivity index (χ1n) is 6.87. The number of hydrogen-bond donors (Lipinski definition) is 2. The average molecular weight is 293 g/mol. The zero-order valence-corrected chi connectivity index (χ0v) is 11.8. The summed E-state index contributed by atoms with van der Waals surface area (Å²) in [5, 5.41) is 11.7. The number of phenolic OH excluding ortho intramolecular Hbond substituents is 1. The van der Waals surface area contributed by atoms with Gasteiger partial charge in [0.25, 0.3) is 0 Å². The van der Waals surface area contributed by atoms with Crippen LogP contribution in [0.4, 0.5) is 5.69 Å². The molecular weight excluding hydrogens is 278 g/mol.